The third-order valence-corrected chi connectivity index (χ3v) is 4.07. The Morgan fingerprint density at radius 3 is 2.27 bits per heavy atom. The highest BCUT2D eigenvalue weighted by atomic mass is 19.1. The van der Waals surface area contributed by atoms with E-state index in [0.29, 0.717) is 0 Å². The van der Waals surface area contributed by atoms with Crippen molar-refractivity contribution in [2.24, 2.45) is 5.92 Å². The minimum absolute atomic E-state index is 0.0499. The first-order chi connectivity index (χ1) is 12.1. The van der Waals surface area contributed by atoms with E-state index < -0.39 is 23.4 Å². The monoisotopic (exact) mass is 352 g/mol. The van der Waals surface area contributed by atoms with E-state index in [0.717, 1.165) is 11.1 Å². The second-order valence-electron chi connectivity index (χ2n) is 7.23. The van der Waals surface area contributed by atoms with Gasteiger partial charge in [-0.15, -0.1) is 0 Å². The number of aryl methyl sites for hydroxylation is 1. The number of nitrogens with one attached hydrogen (secondary N) is 1. The minimum Gasteiger partial charge on any atom is -0.322 e. The number of amides is 1. The Hall–Kier alpha value is -3.00. The lowest BCUT2D eigenvalue weighted by Gasteiger charge is -2.19. The molecule has 2 aromatic rings. The molecule has 0 aliphatic rings. The second kappa shape index (κ2) is 7.49. The Morgan fingerprint density at radius 1 is 1.12 bits per heavy atom. The molecule has 0 heterocycles. The number of carbonyl (C=O) groups is 2. The molecule has 0 saturated carbocycles. The molecular weight excluding hydrogens is 331 g/mol. The Labute approximate surface area is 152 Å². The van der Waals surface area contributed by atoms with Crippen molar-refractivity contribution in [2.45, 2.75) is 33.1 Å². The number of benzene rings is 2. The van der Waals surface area contributed by atoms with Gasteiger partial charge >= 0.3 is 0 Å². The number of ketones is 1. The van der Waals surface area contributed by atoms with Crippen molar-refractivity contribution in [2.75, 3.05) is 5.32 Å². The molecule has 0 aliphatic carbocycles. The molecule has 4 nitrogen and oxygen atoms in total. The molecule has 0 fully saturated rings. The summed E-state index contributed by atoms with van der Waals surface area (Å²) in [5.41, 5.74) is 1.93. The lowest BCUT2D eigenvalue weighted by molar-refractivity contribution is -0.117. The Kier molecular flexibility index (Phi) is 5.56. The number of anilines is 1. The van der Waals surface area contributed by atoms with E-state index in [4.69, 9.17) is 0 Å². The first kappa shape index (κ1) is 19.3. The summed E-state index contributed by atoms with van der Waals surface area (Å²) in [4.78, 5) is 24.9. The molecule has 0 bridgehead atoms. The number of nitriles is 1. The van der Waals surface area contributed by atoms with Gasteiger partial charge in [-0.1, -0.05) is 51.1 Å². The van der Waals surface area contributed by atoms with Crippen LogP contribution in [0.4, 0.5) is 10.1 Å². The van der Waals surface area contributed by atoms with Crippen LogP contribution in [0, 0.1) is 30.0 Å². The van der Waals surface area contributed by atoms with Crippen LogP contribution in [0.2, 0.25) is 0 Å². The van der Waals surface area contributed by atoms with Crippen molar-refractivity contribution in [1.29, 1.82) is 5.26 Å². The van der Waals surface area contributed by atoms with Crippen molar-refractivity contribution in [3.05, 3.63) is 65.0 Å². The highest BCUT2D eigenvalue weighted by Crippen LogP contribution is 2.23. The lowest BCUT2D eigenvalue weighted by Crippen LogP contribution is -2.29. The van der Waals surface area contributed by atoms with E-state index >= 15 is 0 Å². The molecule has 0 spiro atoms. The van der Waals surface area contributed by atoms with Gasteiger partial charge in [0.15, 0.2) is 11.7 Å². The molecule has 1 atom stereocenters. The van der Waals surface area contributed by atoms with Crippen LogP contribution in [-0.2, 0) is 10.2 Å². The Bertz CT molecular complexity index is 874. The van der Waals surface area contributed by atoms with E-state index in [1.165, 1.54) is 12.1 Å². The molecule has 134 valence electrons. The lowest BCUT2D eigenvalue weighted by atomic mass is 9.86. The molecule has 1 amide bonds. The topological polar surface area (TPSA) is 70.0 Å². The van der Waals surface area contributed by atoms with E-state index in [1.54, 1.807) is 43.3 Å². The van der Waals surface area contributed by atoms with Crippen LogP contribution in [0.25, 0.3) is 0 Å². The zero-order valence-corrected chi connectivity index (χ0v) is 15.3. The van der Waals surface area contributed by atoms with Gasteiger partial charge in [-0.3, -0.25) is 9.59 Å². The van der Waals surface area contributed by atoms with Crippen molar-refractivity contribution in [1.82, 2.24) is 0 Å². The summed E-state index contributed by atoms with van der Waals surface area (Å²) in [5.74, 6) is -3.63. The van der Waals surface area contributed by atoms with E-state index in [2.05, 4.69) is 5.32 Å². The highest BCUT2D eigenvalue weighted by Gasteiger charge is 2.28. The Morgan fingerprint density at radius 2 is 1.73 bits per heavy atom. The molecule has 0 aliphatic heterocycles. The maximum absolute atomic E-state index is 13.8. The first-order valence-corrected chi connectivity index (χ1v) is 8.25. The number of carbonyl (C=O) groups excluding carboxylic acids is 2. The number of rotatable bonds is 4. The first-order valence-electron chi connectivity index (χ1n) is 8.25. The normalized spacial score (nSPS) is 12.2. The average Bonchev–Trinajstić information content (AvgIpc) is 2.58. The summed E-state index contributed by atoms with van der Waals surface area (Å²) in [6.45, 7) is 7.89. The van der Waals surface area contributed by atoms with Crippen molar-refractivity contribution in [3.8, 4) is 6.07 Å². The number of halogens is 1. The molecule has 0 saturated heterocycles. The minimum atomic E-state index is -1.55. The van der Waals surface area contributed by atoms with Gasteiger partial charge in [-0.2, -0.15) is 5.26 Å². The van der Waals surface area contributed by atoms with Crippen molar-refractivity contribution in [3.63, 3.8) is 0 Å². The molecule has 2 rings (SSSR count). The zero-order chi connectivity index (χ0) is 19.5. The number of nitrogens with zero attached hydrogens (tertiary/aromatic N) is 1. The van der Waals surface area contributed by atoms with Gasteiger partial charge in [-0.05, 0) is 35.6 Å². The fraction of sp³-hybridized carbons (Fsp3) is 0.286. The zero-order valence-electron chi connectivity index (χ0n) is 15.3. The summed E-state index contributed by atoms with van der Waals surface area (Å²) < 4.78 is 13.8. The van der Waals surface area contributed by atoms with Gasteiger partial charge in [-0.25, -0.2) is 4.39 Å². The van der Waals surface area contributed by atoms with Crippen LogP contribution < -0.4 is 5.32 Å². The smallest absolute Gasteiger partial charge is 0.249 e. The van der Waals surface area contributed by atoms with E-state index in [1.807, 2.05) is 20.8 Å². The largest absolute Gasteiger partial charge is 0.322 e. The SMILES string of the molecule is Cc1ccc(F)c(NC(=O)[C@@H](C#N)C(=O)c2ccc(C(C)(C)C)cc2)c1. The second-order valence-corrected chi connectivity index (χ2v) is 7.23. The van der Waals surface area contributed by atoms with Crippen molar-refractivity contribution >= 4 is 17.4 Å². The Balaban J connectivity index is 2.21. The van der Waals surface area contributed by atoms with E-state index in [-0.39, 0.29) is 16.7 Å². The molecule has 2 aromatic carbocycles. The fourth-order valence-corrected chi connectivity index (χ4v) is 2.48. The number of hydrogen-bond acceptors (Lipinski definition) is 3. The average molecular weight is 352 g/mol. The molecule has 0 unspecified atom stereocenters. The third-order valence-electron chi connectivity index (χ3n) is 4.07. The van der Waals surface area contributed by atoms with Gasteiger partial charge in [0.05, 0.1) is 11.8 Å². The van der Waals surface area contributed by atoms with Gasteiger partial charge in [0.1, 0.15) is 5.82 Å². The molecule has 1 N–H and O–H groups in total. The molecule has 26 heavy (non-hydrogen) atoms. The summed E-state index contributed by atoms with van der Waals surface area (Å²) in [5, 5.41) is 11.6. The molecule has 5 heteroatoms. The van der Waals surface area contributed by atoms with Crippen LogP contribution in [0.15, 0.2) is 42.5 Å². The third kappa shape index (κ3) is 4.34. The van der Waals surface area contributed by atoms with E-state index in [9.17, 15) is 19.2 Å². The summed E-state index contributed by atoms with van der Waals surface area (Å²) in [7, 11) is 0. The van der Waals surface area contributed by atoms with Crippen LogP contribution in [0.1, 0.15) is 42.3 Å². The van der Waals surface area contributed by atoms with Crippen LogP contribution in [0.3, 0.4) is 0 Å². The maximum Gasteiger partial charge on any atom is 0.249 e. The quantitative estimate of drug-likeness (QED) is 0.655. The van der Waals surface area contributed by atoms with Crippen LogP contribution in [-0.4, -0.2) is 11.7 Å². The molecule has 0 aromatic heterocycles. The number of Topliss-reactive ketones (excluding diaryl/α,β-unsaturated/α-hetero) is 1. The maximum atomic E-state index is 13.8. The van der Waals surface area contributed by atoms with Crippen LogP contribution in [0.5, 0.6) is 0 Å². The fourth-order valence-electron chi connectivity index (χ4n) is 2.48. The summed E-state index contributed by atoms with van der Waals surface area (Å²) in [6, 6.07) is 12.8. The standard InChI is InChI=1S/C21H21FN2O2/c1-13-5-10-17(22)18(11-13)24-20(26)16(12-23)19(25)14-6-8-15(9-7-14)21(2,3)4/h5-11,16H,1-4H3,(H,24,26)/t16-/m0/s1. The summed E-state index contributed by atoms with van der Waals surface area (Å²) >= 11 is 0. The predicted molar refractivity (Wildman–Crippen MR) is 98.3 cm³/mol. The molecular formula is C21H21FN2O2. The highest BCUT2D eigenvalue weighted by molar-refractivity contribution is 6.15. The van der Waals surface area contributed by atoms with Gasteiger partial charge in [0, 0.05) is 5.56 Å². The van der Waals surface area contributed by atoms with Gasteiger partial charge < -0.3 is 5.32 Å². The van der Waals surface area contributed by atoms with Crippen LogP contribution >= 0.6 is 0 Å². The van der Waals surface area contributed by atoms with Gasteiger partial charge in [0.2, 0.25) is 5.91 Å². The molecule has 0 radical (unpaired) electrons. The van der Waals surface area contributed by atoms with Crippen molar-refractivity contribution < 1.29 is 14.0 Å². The van der Waals surface area contributed by atoms with Gasteiger partial charge in [0.25, 0.3) is 0 Å². The predicted octanol–water partition coefficient (Wildman–Crippen LogP) is 4.39. The summed E-state index contributed by atoms with van der Waals surface area (Å²) in [6.07, 6.45) is 0. The number of hydrogen-bond donors (Lipinski definition) is 1.